The van der Waals surface area contributed by atoms with Gasteiger partial charge in [0.05, 0.1) is 12.2 Å². The van der Waals surface area contributed by atoms with Gasteiger partial charge >= 0.3 is 0 Å². The standard InChI is InChI=1S/C15H29N3O3S.ClH/c1-12-10-18(11-13(2)21-12)22(19,20)17-8-5-14(6-9-17)15-4-3-7-16-15;/h12-16H,3-11H2,1-2H3;1H. The van der Waals surface area contributed by atoms with E-state index in [1.807, 2.05) is 13.8 Å². The summed E-state index contributed by atoms with van der Waals surface area (Å²) in [6, 6.07) is 0.605. The molecule has 3 saturated heterocycles. The van der Waals surface area contributed by atoms with Crippen LogP contribution < -0.4 is 5.32 Å². The molecule has 0 aliphatic carbocycles. The first kappa shape index (κ1) is 19.4. The Bertz CT molecular complexity index is 466. The number of halogens is 1. The summed E-state index contributed by atoms with van der Waals surface area (Å²) >= 11 is 0. The predicted molar refractivity (Wildman–Crippen MR) is 93.1 cm³/mol. The van der Waals surface area contributed by atoms with Crippen molar-refractivity contribution in [2.24, 2.45) is 5.92 Å². The van der Waals surface area contributed by atoms with Gasteiger partial charge in [-0.2, -0.15) is 17.0 Å². The van der Waals surface area contributed by atoms with Crippen LogP contribution in [0.1, 0.15) is 39.5 Å². The van der Waals surface area contributed by atoms with Gasteiger partial charge in [0.15, 0.2) is 0 Å². The van der Waals surface area contributed by atoms with Gasteiger partial charge in [0, 0.05) is 32.2 Å². The zero-order valence-electron chi connectivity index (χ0n) is 14.1. The van der Waals surface area contributed by atoms with E-state index in [0.717, 1.165) is 19.4 Å². The second-order valence-corrected chi connectivity index (χ2v) is 8.95. The van der Waals surface area contributed by atoms with E-state index in [1.54, 1.807) is 8.61 Å². The van der Waals surface area contributed by atoms with Crippen molar-refractivity contribution in [3.05, 3.63) is 0 Å². The SMILES string of the molecule is CC1CN(S(=O)(=O)N2CCC(C3CCCN3)CC2)CC(C)O1.Cl. The number of morpholine rings is 1. The molecule has 0 amide bonds. The van der Waals surface area contributed by atoms with Crippen LogP contribution in [0.2, 0.25) is 0 Å². The summed E-state index contributed by atoms with van der Waals surface area (Å²) in [5.74, 6) is 0.636. The van der Waals surface area contributed by atoms with Gasteiger partial charge in [-0.05, 0) is 52.0 Å². The lowest BCUT2D eigenvalue weighted by Gasteiger charge is -2.40. The summed E-state index contributed by atoms with van der Waals surface area (Å²) in [7, 11) is -3.33. The Morgan fingerprint density at radius 1 is 1.00 bits per heavy atom. The zero-order valence-corrected chi connectivity index (χ0v) is 15.7. The molecule has 8 heteroatoms. The first-order valence-electron chi connectivity index (χ1n) is 8.61. The maximum absolute atomic E-state index is 12.8. The molecule has 0 aromatic rings. The minimum Gasteiger partial charge on any atom is -0.373 e. The van der Waals surface area contributed by atoms with Crippen LogP contribution in [0.5, 0.6) is 0 Å². The second kappa shape index (κ2) is 7.97. The average Bonchev–Trinajstić information content (AvgIpc) is 3.00. The molecule has 23 heavy (non-hydrogen) atoms. The Hall–Kier alpha value is 0.0800. The summed E-state index contributed by atoms with van der Waals surface area (Å²) < 4.78 is 34.6. The van der Waals surface area contributed by atoms with Crippen molar-refractivity contribution in [3.63, 3.8) is 0 Å². The molecule has 136 valence electrons. The first-order valence-corrected chi connectivity index (χ1v) is 10.0. The maximum atomic E-state index is 12.8. The Morgan fingerprint density at radius 2 is 1.61 bits per heavy atom. The predicted octanol–water partition coefficient (Wildman–Crippen LogP) is 1.23. The lowest BCUT2D eigenvalue weighted by atomic mass is 9.89. The molecule has 3 rings (SSSR count). The van der Waals surface area contributed by atoms with Gasteiger partial charge in [-0.1, -0.05) is 0 Å². The van der Waals surface area contributed by atoms with E-state index in [0.29, 0.717) is 38.1 Å². The fourth-order valence-electron chi connectivity index (χ4n) is 4.11. The normalized spacial score (nSPS) is 35.1. The minimum absolute atomic E-state index is 0. The summed E-state index contributed by atoms with van der Waals surface area (Å²) in [6.45, 7) is 7.25. The molecular formula is C15H30ClN3O3S. The van der Waals surface area contributed by atoms with E-state index >= 15 is 0 Å². The fourth-order valence-corrected chi connectivity index (χ4v) is 5.90. The van der Waals surface area contributed by atoms with Crippen molar-refractivity contribution in [1.82, 2.24) is 13.9 Å². The van der Waals surface area contributed by atoms with E-state index in [4.69, 9.17) is 4.74 Å². The monoisotopic (exact) mass is 367 g/mol. The highest BCUT2D eigenvalue weighted by Gasteiger charge is 2.38. The average molecular weight is 368 g/mol. The molecule has 0 spiro atoms. The van der Waals surface area contributed by atoms with Crippen LogP contribution in [0.4, 0.5) is 0 Å². The summed E-state index contributed by atoms with van der Waals surface area (Å²) in [5, 5.41) is 3.56. The van der Waals surface area contributed by atoms with E-state index in [-0.39, 0.29) is 24.6 Å². The molecule has 3 aliphatic rings. The van der Waals surface area contributed by atoms with Crippen molar-refractivity contribution in [1.29, 1.82) is 0 Å². The molecule has 0 saturated carbocycles. The minimum atomic E-state index is -3.33. The molecule has 6 nitrogen and oxygen atoms in total. The van der Waals surface area contributed by atoms with Crippen molar-refractivity contribution in [3.8, 4) is 0 Å². The van der Waals surface area contributed by atoms with Gasteiger partial charge in [-0.3, -0.25) is 0 Å². The summed E-state index contributed by atoms with van der Waals surface area (Å²) in [4.78, 5) is 0. The van der Waals surface area contributed by atoms with Gasteiger partial charge in [0.1, 0.15) is 0 Å². The van der Waals surface area contributed by atoms with Crippen LogP contribution in [0, 0.1) is 5.92 Å². The summed E-state index contributed by atoms with van der Waals surface area (Å²) in [6.07, 6.45) is 4.40. The molecule has 3 heterocycles. The highest BCUT2D eigenvalue weighted by Crippen LogP contribution is 2.28. The van der Waals surface area contributed by atoms with Crippen molar-refractivity contribution < 1.29 is 13.2 Å². The third-order valence-corrected chi connectivity index (χ3v) is 7.17. The molecule has 0 aromatic carbocycles. The van der Waals surface area contributed by atoms with Gasteiger partial charge in [0.2, 0.25) is 0 Å². The fraction of sp³-hybridized carbons (Fsp3) is 1.00. The highest BCUT2D eigenvalue weighted by molar-refractivity contribution is 7.86. The van der Waals surface area contributed by atoms with E-state index in [1.165, 1.54) is 12.8 Å². The lowest BCUT2D eigenvalue weighted by molar-refractivity contribution is -0.0457. The topological polar surface area (TPSA) is 61.9 Å². The number of piperidine rings is 1. The van der Waals surface area contributed by atoms with Gasteiger partial charge in [0.25, 0.3) is 10.2 Å². The molecule has 0 bridgehead atoms. The third-order valence-electron chi connectivity index (χ3n) is 5.20. The van der Waals surface area contributed by atoms with Crippen LogP contribution in [-0.4, -0.2) is 68.0 Å². The quantitative estimate of drug-likeness (QED) is 0.814. The Labute approximate surface area is 146 Å². The Balaban J connectivity index is 0.00000192. The van der Waals surface area contributed by atoms with Crippen LogP contribution >= 0.6 is 12.4 Å². The van der Waals surface area contributed by atoms with E-state index in [9.17, 15) is 8.42 Å². The smallest absolute Gasteiger partial charge is 0.282 e. The van der Waals surface area contributed by atoms with Crippen molar-refractivity contribution >= 4 is 22.6 Å². The number of ether oxygens (including phenoxy) is 1. The number of nitrogens with one attached hydrogen (secondary N) is 1. The summed E-state index contributed by atoms with van der Waals surface area (Å²) in [5.41, 5.74) is 0. The van der Waals surface area contributed by atoms with E-state index in [2.05, 4.69) is 5.32 Å². The van der Waals surface area contributed by atoms with Crippen LogP contribution in [-0.2, 0) is 14.9 Å². The number of hydrogen-bond acceptors (Lipinski definition) is 4. The van der Waals surface area contributed by atoms with Crippen LogP contribution in [0.15, 0.2) is 0 Å². The number of rotatable bonds is 3. The van der Waals surface area contributed by atoms with Gasteiger partial charge in [-0.15, -0.1) is 12.4 Å². The molecule has 1 N–H and O–H groups in total. The van der Waals surface area contributed by atoms with Crippen molar-refractivity contribution in [2.75, 3.05) is 32.7 Å². The first-order chi connectivity index (χ1) is 10.5. The molecule has 3 aliphatic heterocycles. The van der Waals surface area contributed by atoms with Crippen molar-refractivity contribution in [2.45, 2.75) is 57.8 Å². The van der Waals surface area contributed by atoms with Crippen LogP contribution in [0.3, 0.4) is 0 Å². The lowest BCUT2D eigenvalue weighted by Crippen LogP contribution is -2.54. The molecule has 3 fully saturated rings. The second-order valence-electron chi connectivity index (χ2n) is 7.02. The third kappa shape index (κ3) is 4.38. The number of nitrogens with zero attached hydrogens (tertiary/aromatic N) is 2. The highest BCUT2D eigenvalue weighted by atomic mass is 35.5. The van der Waals surface area contributed by atoms with E-state index < -0.39 is 10.2 Å². The molecule has 3 atom stereocenters. The molecular weight excluding hydrogens is 338 g/mol. The number of hydrogen-bond donors (Lipinski definition) is 1. The molecule has 3 unspecified atom stereocenters. The largest absolute Gasteiger partial charge is 0.373 e. The van der Waals surface area contributed by atoms with Gasteiger partial charge in [-0.25, -0.2) is 0 Å². The zero-order chi connectivity index (χ0) is 15.7. The Kier molecular flexibility index (Phi) is 6.73. The maximum Gasteiger partial charge on any atom is 0.282 e. The Morgan fingerprint density at radius 3 is 2.13 bits per heavy atom. The van der Waals surface area contributed by atoms with Crippen LogP contribution in [0.25, 0.3) is 0 Å². The molecule has 0 radical (unpaired) electrons. The molecule has 0 aromatic heterocycles. The van der Waals surface area contributed by atoms with Gasteiger partial charge < -0.3 is 10.1 Å².